The summed E-state index contributed by atoms with van der Waals surface area (Å²) in [7, 11) is 5.88. The number of aromatic nitrogens is 1. The fourth-order valence-electron chi connectivity index (χ4n) is 5.62. The van der Waals surface area contributed by atoms with Crippen LogP contribution in [0.5, 0.6) is 17.2 Å². The lowest BCUT2D eigenvalue weighted by Crippen LogP contribution is -2.40. The highest BCUT2D eigenvalue weighted by atomic mass is 32.1. The first-order valence-electron chi connectivity index (χ1n) is 14.9. The van der Waals surface area contributed by atoms with E-state index in [1.807, 2.05) is 19.9 Å². The van der Waals surface area contributed by atoms with Crippen molar-refractivity contribution in [3.05, 3.63) is 56.2 Å². The van der Waals surface area contributed by atoms with Gasteiger partial charge in [-0.05, 0) is 60.6 Å². The molecule has 0 fully saturated rings. The lowest BCUT2D eigenvalue weighted by atomic mass is 9.95. The van der Waals surface area contributed by atoms with E-state index in [0.717, 1.165) is 22.5 Å². The smallest absolute Gasteiger partial charge is 0.357 e. The Labute approximate surface area is 271 Å². The van der Waals surface area contributed by atoms with Crippen LogP contribution in [0.1, 0.15) is 66.1 Å². The van der Waals surface area contributed by atoms with E-state index >= 15 is 0 Å². The molecule has 3 aromatic rings. The number of hydrogen-bond donors (Lipinski definition) is 3. The highest BCUT2D eigenvalue weighted by Gasteiger charge is 2.31. The van der Waals surface area contributed by atoms with E-state index in [1.165, 1.54) is 34.3 Å². The maximum absolute atomic E-state index is 13.9. The first kappa shape index (κ1) is 34.2. The molecule has 13 heteroatoms. The van der Waals surface area contributed by atoms with Crippen LogP contribution in [-0.2, 0) is 20.7 Å². The van der Waals surface area contributed by atoms with Crippen LogP contribution in [0.15, 0.2) is 29.1 Å². The first-order chi connectivity index (χ1) is 22.0. The third kappa shape index (κ3) is 6.94. The monoisotopic (exact) mass is 652 g/mol. The van der Waals surface area contributed by atoms with Crippen molar-refractivity contribution in [3.8, 4) is 28.4 Å². The van der Waals surface area contributed by atoms with Crippen LogP contribution in [0.25, 0.3) is 11.1 Å². The summed E-state index contributed by atoms with van der Waals surface area (Å²) in [6.45, 7) is 7.00. The fraction of sp³-hybridized carbons (Fsp3) is 0.424. The average molecular weight is 653 g/mol. The molecule has 3 atom stereocenters. The lowest BCUT2D eigenvalue weighted by Gasteiger charge is -2.23. The van der Waals surface area contributed by atoms with Crippen LogP contribution in [0.2, 0.25) is 0 Å². The number of amides is 2. The van der Waals surface area contributed by atoms with Crippen LogP contribution in [0.3, 0.4) is 0 Å². The number of nitrogens with zero attached hydrogens (tertiary/aromatic N) is 1. The van der Waals surface area contributed by atoms with Crippen molar-refractivity contribution in [2.75, 3.05) is 39.1 Å². The maximum atomic E-state index is 13.9. The third-order valence-electron chi connectivity index (χ3n) is 8.13. The van der Waals surface area contributed by atoms with Gasteiger partial charge in [0.2, 0.25) is 23.0 Å². The number of carbonyl (C=O) groups is 3. The van der Waals surface area contributed by atoms with E-state index in [1.54, 1.807) is 26.2 Å². The van der Waals surface area contributed by atoms with Gasteiger partial charge in [0.1, 0.15) is 6.04 Å². The highest BCUT2D eigenvalue weighted by molar-refractivity contribution is 7.16. The molecule has 2 aromatic carbocycles. The van der Waals surface area contributed by atoms with Crippen LogP contribution in [-0.4, -0.2) is 57.2 Å². The number of nitrogens with one attached hydrogen (secondary N) is 3. The lowest BCUT2D eigenvalue weighted by molar-refractivity contribution is -0.120. The minimum atomic E-state index is -0.817. The van der Waals surface area contributed by atoms with Gasteiger partial charge in [-0.3, -0.25) is 14.4 Å². The van der Waals surface area contributed by atoms with E-state index in [-0.39, 0.29) is 33.8 Å². The standard InChI is InChI=1S/C33H40N4O8S/c1-9-16(2)27(31(40)37-33-36-28(17(3)46-33)32(41)45-8)35-23-13-11-20-21(15-24(23)39)22(34-18(4)38)12-10-19-14-25(42-5)29(43-6)30(44-7)26(19)20/h11,13-16,22,27H,9-10,12H2,1-8H3,(H,34,38)(H,35,39)(H,36,37,40)/t16-,22+,27+/m1/s1. The number of ether oxygens (including phenoxy) is 4. The quantitative estimate of drug-likeness (QED) is 0.244. The molecule has 2 amide bonds. The number of esters is 1. The SMILES string of the molecule is CC[C@@H](C)[C@H](Nc1ccc2c(cc1=O)[C@@H](NC(C)=O)CCc1cc(OC)c(OC)c(OC)c1-2)C(=O)Nc1nc(C(=O)OC)c(C)s1. The summed E-state index contributed by atoms with van der Waals surface area (Å²) in [5, 5.41) is 9.22. The first-order valence-corrected chi connectivity index (χ1v) is 15.7. The summed E-state index contributed by atoms with van der Waals surface area (Å²) in [6, 6.07) is 5.54. The number of fused-ring (bicyclic) bond motifs is 3. The molecular weight excluding hydrogens is 612 g/mol. The minimum absolute atomic E-state index is 0.132. The van der Waals surface area contributed by atoms with Gasteiger partial charge >= 0.3 is 5.97 Å². The Morgan fingerprint density at radius 3 is 2.39 bits per heavy atom. The van der Waals surface area contributed by atoms with Gasteiger partial charge in [0, 0.05) is 17.4 Å². The van der Waals surface area contributed by atoms with Gasteiger partial charge in [-0.25, -0.2) is 9.78 Å². The largest absolute Gasteiger partial charge is 0.493 e. The van der Waals surface area contributed by atoms with Gasteiger partial charge in [0.25, 0.3) is 0 Å². The molecule has 4 rings (SSSR count). The number of carbonyl (C=O) groups excluding carboxylic acids is 3. The van der Waals surface area contributed by atoms with Crippen LogP contribution < -0.4 is 35.6 Å². The topological polar surface area (TPSA) is 154 Å². The number of thiazole rings is 1. The Morgan fingerprint density at radius 1 is 1.07 bits per heavy atom. The zero-order valence-electron chi connectivity index (χ0n) is 27.3. The van der Waals surface area contributed by atoms with E-state index in [0.29, 0.717) is 52.5 Å². The molecule has 0 bridgehead atoms. The molecule has 246 valence electrons. The minimum Gasteiger partial charge on any atom is -0.493 e. The number of hydrogen-bond acceptors (Lipinski definition) is 11. The summed E-state index contributed by atoms with van der Waals surface area (Å²) >= 11 is 1.16. The molecule has 0 saturated carbocycles. The van der Waals surface area contributed by atoms with Crippen molar-refractivity contribution in [2.24, 2.45) is 5.92 Å². The normalized spacial score (nSPS) is 14.8. The van der Waals surface area contributed by atoms with Gasteiger partial charge in [-0.1, -0.05) is 26.3 Å². The summed E-state index contributed by atoms with van der Waals surface area (Å²) < 4.78 is 21.9. The van der Waals surface area contributed by atoms with Gasteiger partial charge in [0.15, 0.2) is 22.3 Å². The zero-order valence-corrected chi connectivity index (χ0v) is 28.1. The number of anilines is 2. The second-order valence-electron chi connectivity index (χ2n) is 11.0. The molecule has 0 radical (unpaired) electrons. The van der Waals surface area contributed by atoms with Crippen molar-refractivity contribution >= 4 is 39.9 Å². The molecule has 0 aliphatic heterocycles. The number of aryl methyl sites for hydroxylation is 2. The second kappa shape index (κ2) is 14.6. The van der Waals surface area contributed by atoms with E-state index in [2.05, 4.69) is 20.9 Å². The molecule has 1 aliphatic carbocycles. The predicted octanol–water partition coefficient (Wildman–Crippen LogP) is 4.88. The molecule has 46 heavy (non-hydrogen) atoms. The van der Waals surface area contributed by atoms with Crippen molar-refractivity contribution in [1.29, 1.82) is 0 Å². The van der Waals surface area contributed by atoms with E-state index in [9.17, 15) is 19.2 Å². The Balaban J connectivity index is 1.83. The average Bonchev–Trinajstić information content (AvgIpc) is 3.24. The molecule has 3 N–H and O–H groups in total. The molecule has 0 spiro atoms. The summed E-state index contributed by atoms with van der Waals surface area (Å²) in [4.78, 5) is 56.6. The zero-order chi connectivity index (χ0) is 33.7. The predicted molar refractivity (Wildman–Crippen MR) is 176 cm³/mol. The highest BCUT2D eigenvalue weighted by Crippen LogP contribution is 2.50. The van der Waals surface area contributed by atoms with Crippen LogP contribution >= 0.6 is 11.3 Å². The number of methoxy groups -OCH3 is 4. The van der Waals surface area contributed by atoms with Crippen molar-refractivity contribution in [2.45, 2.75) is 59.0 Å². The molecule has 1 aliphatic rings. The van der Waals surface area contributed by atoms with Crippen molar-refractivity contribution < 1.29 is 33.3 Å². The molecule has 1 aromatic heterocycles. The van der Waals surface area contributed by atoms with Crippen molar-refractivity contribution in [3.63, 3.8) is 0 Å². The van der Waals surface area contributed by atoms with Crippen LogP contribution in [0, 0.1) is 12.8 Å². The Bertz CT molecular complexity index is 1710. The fourth-order valence-corrected chi connectivity index (χ4v) is 6.42. The molecule has 0 saturated heterocycles. The summed E-state index contributed by atoms with van der Waals surface area (Å²) in [5.41, 5.74) is 2.87. The molecular formula is C33H40N4O8S. The van der Waals surface area contributed by atoms with Crippen molar-refractivity contribution in [1.82, 2.24) is 10.3 Å². The maximum Gasteiger partial charge on any atom is 0.357 e. The second-order valence-corrected chi connectivity index (χ2v) is 12.2. The molecule has 12 nitrogen and oxygen atoms in total. The van der Waals surface area contributed by atoms with E-state index in [4.69, 9.17) is 18.9 Å². The van der Waals surface area contributed by atoms with Gasteiger partial charge < -0.3 is 34.9 Å². The number of rotatable bonds is 11. The molecule has 0 unspecified atom stereocenters. The van der Waals surface area contributed by atoms with E-state index < -0.39 is 24.0 Å². The Hall–Kier alpha value is -4.65. The Kier molecular flexibility index (Phi) is 10.9. The third-order valence-corrected chi connectivity index (χ3v) is 9.01. The molecule has 1 heterocycles. The summed E-state index contributed by atoms with van der Waals surface area (Å²) in [5.74, 6) is -0.0764. The van der Waals surface area contributed by atoms with Gasteiger partial charge in [-0.15, -0.1) is 11.3 Å². The number of benzene rings is 1. The Morgan fingerprint density at radius 2 is 1.78 bits per heavy atom. The van der Waals surface area contributed by atoms with Crippen LogP contribution in [0.4, 0.5) is 10.8 Å². The van der Waals surface area contributed by atoms with Gasteiger partial charge in [-0.2, -0.15) is 0 Å². The van der Waals surface area contributed by atoms with Gasteiger partial charge in [0.05, 0.1) is 40.2 Å². The summed E-state index contributed by atoms with van der Waals surface area (Å²) in [6.07, 6.45) is 1.72.